The van der Waals surface area contributed by atoms with E-state index in [4.69, 9.17) is 11.6 Å². The Hall–Kier alpha value is -1.02. The standard InChI is InChI=1S/C14H17ClO2/c1-8(16)7-12-9(2)10-5-3-4-6-11(10)13(15)14(12)17/h17H,3-7H2,1-2H3. The normalized spacial score (nSPS) is 14.5. The first-order chi connectivity index (χ1) is 8.02. The smallest absolute Gasteiger partial charge is 0.138 e. The fraction of sp³-hybridized carbons (Fsp3) is 0.500. The summed E-state index contributed by atoms with van der Waals surface area (Å²) in [5, 5.41) is 10.6. The molecule has 0 heterocycles. The van der Waals surface area contributed by atoms with Crippen LogP contribution in [-0.2, 0) is 24.1 Å². The number of carbonyl (C=O) groups excluding carboxylic acids is 1. The molecule has 2 nitrogen and oxygen atoms in total. The maximum atomic E-state index is 11.2. The molecule has 3 heteroatoms. The molecule has 0 bridgehead atoms. The number of rotatable bonds is 2. The average Bonchev–Trinajstić information content (AvgIpc) is 2.31. The van der Waals surface area contributed by atoms with Crippen LogP contribution >= 0.6 is 11.6 Å². The highest BCUT2D eigenvalue weighted by molar-refractivity contribution is 6.33. The highest BCUT2D eigenvalue weighted by Gasteiger charge is 2.22. The maximum Gasteiger partial charge on any atom is 0.138 e. The number of hydrogen-bond donors (Lipinski definition) is 1. The SMILES string of the molecule is CC(=O)Cc1c(C)c2c(c(Cl)c1O)CCCC2. The summed E-state index contributed by atoms with van der Waals surface area (Å²) in [5.41, 5.74) is 4.09. The summed E-state index contributed by atoms with van der Waals surface area (Å²) in [4.78, 5) is 11.2. The number of benzene rings is 1. The molecule has 0 fully saturated rings. The molecule has 0 amide bonds. The van der Waals surface area contributed by atoms with Gasteiger partial charge >= 0.3 is 0 Å². The van der Waals surface area contributed by atoms with Crippen LogP contribution < -0.4 is 0 Å². The summed E-state index contributed by atoms with van der Waals surface area (Å²) in [6.45, 7) is 3.52. The van der Waals surface area contributed by atoms with E-state index in [1.807, 2.05) is 6.92 Å². The van der Waals surface area contributed by atoms with Gasteiger partial charge in [0.2, 0.25) is 0 Å². The van der Waals surface area contributed by atoms with Crippen LogP contribution in [0.15, 0.2) is 0 Å². The lowest BCUT2D eigenvalue weighted by molar-refractivity contribution is -0.116. The minimum atomic E-state index is 0.0511. The van der Waals surface area contributed by atoms with Gasteiger partial charge in [-0.05, 0) is 56.2 Å². The summed E-state index contributed by atoms with van der Waals surface area (Å²) in [6, 6.07) is 0. The number of carbonyl (C=O) groups is 1. The first-order valence-electron chi connectivity index (χ1n) is 6.03. The van der Waals surface area contributed by atoms with E-state index in [1.54, 1.807) is 0 Å². The third kappa shape index (κ3) is 2.19. The number of Topliss-reactive ketones (excluding diaryl/α,β-unsaturated/α-hetero) is 1. The van der Waals surface area contributed by atoms with Gasteiger partial charge in [-0.15, -0.1) is 0 Å². The molecule has 0 saturated heterocycles. The monoisotopic (exact) mass is 252 g/mol. The van der Waals surface area contributed by atoms with Crippen molar-refractivity contribution in [1.29, 1.82) is 0 Å². The lowest BCUT2D eigenvalue weighted by Crippen LogP contribution is -2.10. The number of fused-ring (bicyclic) bond motifs is 1. The number of phenolic OH excluding ortho intramolecular Hbond substituents is 1. The zero-order chi connectivity index (χ0) is 12.6. The van der Waals surface area contributed by atoms with Crippen LogP contribution in [0.1, 0.15) is 42.0 Å². The molecule has 92 valence electrons. The topological polar surface area (TPSA) is 37.3 Å². The fourth-order valence-corrected chi connectivity index (χ4v) is 2.98. The third-order valence-corrected chi connectivity index (χ3v) is 3.96. The summed E-state index contributed by atoms with van der Waals surface area (Å²) < 4.78 is 0. The molecule has 0 radical (unpaired) electrons. The Balaban J connectivity index is 2.61. The van der Waals surface area contributed by atoms with Gasteiger partial charge < -0.3 is 5.11 Å². The lowest BCUT2D eigenvalue weighted by Gasteiger charge is -2.23. The van der Waals surface area contributed by atoms with Crippen molar-refractivity contribution in [2.75, 3.05) is 0 Å². The van der Waals surface area contributed by atoms with Gasteiger partial charge in [-0.3, -0.25) is 4.79 Å². The fourth-order valence-electron chi connectivity index (χ4n) is 2.66. The van der Waals surface area contributed by atoms with Crippen molar-refractivity contribution in [1.82, 2.24) is 0 Å². The van der Waals surface area contributed by atoms with Gasteiger partial charge in [0.1, 0.15) is 11.5 Å². The lowest BCUT2D eigenvalue weighted by atomic mass is 9.85. The van der Waals surface area contributed by atoms with E-state index in [0.717, 1.165) is 36.8 Å². The quantitative estimate of drug-likeness (QED) is 0.876. The minimum Gasteiger partial charge on any atom is -0.506 e. The highest BCUT2D eigenvalue weighted by atomic mass is 35.5. The average molecular weight is 253 g/mol. The molecule has 2 rings (SSSR count). The van der Waals surface area contributed by atoms with Crippen LogP contribution in [0.25, 0.3) is 0 Å². The molecule has 1 aliphatic rings. The summed E-state index contributed by atoms with van der Waals surface area (Å²) in [7, 11) is 0. The molecule has 1 N–H and O–H groups in total. The Bertz CT molecular complexity index is 478. The van der Waals surface area contributed by atoms with Crippen molar-refractivity contribution >= 4 is 17.4 Å². The molecule has 1 aromatic rings. The van der Waals surface area contributed by atoms with Crippen LogP contribution in [0.4, 0.5) is 0 Å². The van der Waals surface area contributed by atoms with Crippen molar-refractivity contribution in [3.8, 4) is 5.75 Å². The van der Waals surface area contributed by atoms with Crippen molar-refractivity contribution in [2.24, 2.45) is 0 Å². The van der Waals surface area contributed by atoms with E-state index in [9.17, 15) is 9.90 Å². The van der Waals surface area contributed by atoms with Crippen molar-refractivity contribution in [3.63, 3.8) is 0 Å². The number of phenols is 1. The second kappa shape index (κ2) is 4.69. The number of aromatic hydroxyl groups is 1. The minimum absolute atomic E-state index is 0.0511. The second-order valence-corrected chi connectivity index (χ2v) is 5.19. The summed E-state index contributed by atoms with van der Waals surface area (Å²) in [6.07, 6.45) is 4.49. The largest absolute Gasteiger partial charge is 0.506 e. The van der Waals surface area contributed by atoms with Gasteiger partial charge in [-0.1, -0.05) is 11.6 Å². The van der Waals surface area contributed by atoms with E-state index < -0.39 is 0 Å². The Morgan fingerprint density at radius 1 is 1.29 bits per heavy atom. The predicted molar refractivity (Wildman–Crippen MR) is 68.9 cm³/mol. The first-order valence-corrected chi connectivity index (χ1v) is 6.41. The van der Waals surface area contributed by atoms with E-state index in [-0.39, 0.29) is 18.0 Å². The molecule has 0 saturated carbocycles. The van der Waals surface area contributed by atoms with Gasteiger partial charge in [0.15, 0.2) is 0 Å². The number of hydrogen-bond acceptors (Lipinski definition) is 2. The van der Waals surface area contributed by atoms with Gasteiger partial charge in [-0.25, -0.2) is 0 Å². The van der Waals surface area contributed by atoms with Crippen LogP contribution in [0.5, 0.6) is 5.75 Å². The molecule has 17 heavy (non-hydrogen) atoms. The van der Waals surface area contributed by atoms with Crippen molar-refractivity contribution in [2.45, 2.75) is 46.0 Å². The molecule has 1 aromatic carbocycles. The Labute approximate surface area is 107 Å². The molecular formula is C14H17ClO2. The van der Waals surface area contributed by atoms with Crippen LogP contribution in [0, 0.1) is 6.92 Å². The van der Waals surface area contributed by atoms with Crippen molar-refractivity contribution in [3.05, 3.63) is 27.3 Å². The van der Waals surface area contributed by atoms with Crippen LogP contribution in [-0.4, -0.2) is 10.9 Å². The van der Waals surface area contributed by atoms with Crippen LogP contribution in [0.2, 0.25) is 5.02 Å². The predicted octanol–water partition coefficient (Wildman–Crippen LogP) is 3.36. The molecule has 0 atom stereocenters. The molecule has 0 aromatic heterocycles. The molecule has 0 unspecified atom stereocenters. The first kappa shape index (κ1) is 12.4. The maximum absolute atomic E-state index is 11.2. The molecular weight excluding hydrogens is 236 g/mol. The van der Waals surface area contributed by atoms with E-state index >= 15 is 0 Å². The van der Waals surface area contributed by atoms with Crippen LogP contribution in [0.3, 0.4) is 0 Å². The molecule has 0 spiro atoms. The summed E-state index contributed by atoms with van der Waals surface area (Å²) in [5.74, 6) is 0.162. The Morgan fingerprint density at radius 2 is 1.88 bits per heavy atom. The number of halogens is 1. The zero-order valence-corrected chi connectivity index (χ0v) is 11.0. The van der Waals surface area contributed by atoms with Gasteiger partial charge in [0.25, 0.3) is 0 Å². The van der Waals surface area contributed by atoms with Crippen molar-refractivity contribution < 1.29 is 9.90 Å². The second-order valence-electron chi connectivity index (χ2n) is 4.81. The molecule has 1 aliphatic carbocycles. The van der Waals surface area contributed by atoms with E-state index in [2.05, 4.69) is 0 Å². The van der Waals surface area contributed by atoms with E-state index in [1.165, 1.54) is 12.5 Å². The Kier molecular flexibility index (Phi) is 3.43. The third-order valence-electron chi connectivity index (χ3n) is 3.56. The number of ketones is 1. The summed E-state index contributed by atoms with van der Waals surface area (Å²) >= 11 is 6.21. The zero-order valence-electron chi connectivity index (χ0n) is 10.3. The van der Waals surface area contributed by atoms with E-state index in [0.29, 0.717) is 10.6 Å². The highest BCUT2D eigenvalue weighted by Crippen LogP contribution is 2.40. The van der Waals surface area contributed by atoms with Gasteiger partial charge in [-0.2, -0.15) is 0 Å². The molecule has 0 aliphatic heterocycles. The van der Waals surface area contributed by atoms with Gasteiger partial charge in [0.05, 0.1) is 5.02 Å². The Morgan fingerprint density at radius 3 is 2.47 bits per heavy atom. The van der Waals surface area contributed by atoms with Gasteiger partial charge in [0, 0.05) is 12.0 Å².